The molecule has 0 saturated heterocycles. The first-order chi connectivity index (χ1) is 10.5. The summed E-state index contributed by atoms with van der Waals surface area (Å²) in [5.74, 6) is 0.859. The van der Waals surface area contributed by atoms with Crippen LogP contribution in [0.5, 0.6) is 0 Å². The van der Waals surface area contributed by atoms with Gasteiger partial charge in [0, 0.05) is 0 Å². The molecule has 0 unspecified atom stereocenters. The van der Waals surface area contributed by atoms with Crippen LogP contribution >= 0.6 is 11.8 Å². The van der Waals surface area contributed by atoms with Crippen LogP contribution in [-0.2, 0) is 9.84 Å². The van der Waals surface area contributed by atoms with Crippen LogP contribution in [0.2, 0.25) is 0 Å². The van der Waals surface area contributed by atoms with Crippen LogP contribution < -0.4 is 4.46 Å². The first-order valence-electron chi connectivity index (χ1n) is 6.90. The van der Waals surface area contributed by atoms with Gasteiger partial charge in [-0.2, -0.15) is 0 Å². The van der Waals surface area contributed by atoms with Gasteiger partial charge in [0.1, 0.15) is 0 Å². The Kier molecular flexibility index (Phi) is 6.33. The first kappa shape index (κ1) is 17.4. The quantitative estimate of drug-likeness (QED) is 0.701. The summed E-state index contributed by atoms with van der Waals surface area (Å²) in [4.78, 5) is 0.374. The van der Waals surface area contributed by atoms with Gasteiger partial charge >= 0.3 is 143 Å². The summed E-state index contributed by atoms with van der Waals surface area (Å²) >= 11 is 1.31. The molecule has 116 valence electrons. The molecule has 5 heteroatoms. The Balaban J connectivity index is 2.38. The van der Waals surface area contributed by atoms with Crippen molar-refractivity contribution in [2.24, 2.45) is 0 Å². The topological polar surface area (TPSA) is 34.1 Å². The summed E-state index contributed by atoms with van der Waals surface area (Å²) in [6, 6.07) is 16.9. The van der Waals surface area contributed by atoms with E-state index in [9.17, 15) is 8.42 Å². The van der Waals surface area contributed by atoms with E-state index in [1.165, 1.54) is 11.8 Å². The van der Waals surface area contributed by atoms with E-state index in [-0.39, 0.29) is 15.0 Å². The van der Waals surface area contributed by atoms with E-state index >= 15 is 0 Å². The molecule has 2 nitrogen and oxygen atoms in total. The van der Waals surface area contributed by atoms with Gasteiger partial charge in [0.05, 0.1) is 0 Å². The zero-order chi connectivity index (χ0) is 16.0. The number of sulfone groups is 1. The third-order valence-corrected chi connectivity index (χ3v) is 9.22. The minimum atomic E-state index is -3.42. The summed E-state index contributed by atoms with van der Waals surface area (Å²) in [6.45, 7) is 3.97. The molecule has 0 aliphatic carbocycles. The summed E-state index contributed by atoms with van der Waals surface area (Å²) in [5, 5.41) is 1.81. The van der Waals surface area contributed by atoms with Crippen molar-refractivity contribution in [1.82, 2.24) is 0 Å². The molecule has 0 heterocycles. The Morgan fingerprint density at radius 3 is 2.32 bits per heavy atom. The van der Waals surface area contributed by atoms with E-state index in [0.29, 0.717) is 8.70 Å². The van der Waals surface area contributed by atoms with Crippen LogP contribution in [0, 0.1) is 6.92 Å². The molecule has 2 rings (SSSR count). The van der Waals surface area contributed by atoms with Crippen molar-refractivity contribution in [3.63, 3.8) is 0 Å². The van der Waals surface area contributed by atoms with Crippen molar-refractivity contribution in [3.05, 3.63) is 69.4 Å². The van der Waals surface area contributed by atoms with Crippen molar-refractivity contribution in [1.29, 1.82) is 0 Å². The van der Waals surface area contributed by atoms with Gasteiger partial charge in [0.25, 0.3) is 0 Å². The summed E-state index contributed by atoms with van der Waals surface area (Å²) in [7, 11) is -3.42. The van der Waals surface area contributed by atoms with Gasteiger partial charge in [-0.05, 0) is 0 Å². The Hall–Kier alpha value is -1.00. The zero-order valence-corrected chi connectivity index (χ0v) is 15.9. The van der Waals surface area contributed by atoms with E-state index in [1.807, 2.05) is 61.7 Å². The molecule has 0 aromatic heterocycles. The molecule has 0 spiro atoms. The Morgan fingerprint density at radius 1 is 1.09 bits per heavy atom. The number of rotatable bonds is 6. The fourth-order valence-corrected chi connectivity index (χ4v) is 7.26. The Morgan fingerprint density at radius 2 is 1.73 bits per heavy atom. The fraction of sp³-hybridized carbons (Fsp3) is 0.176. The van der Waals surface area contributed by atoms with E-state index in [4.69, 9.17) is 0 Å². The minimum absolute atomic E-state index is 0.229. The number of thioether (sulfide) groups is 1. The van der Waals surface area contributed by atoms with Crippen LogP contribution in [0.4, 0.5) is 0 Å². The van der Waals surface area contributed by atoms with E-state index in [1.54, 1.807) is 12.1 Å². The van der Waals surface area contributed by atoms with Crippen molar-refractivity contribution in [2.75, 3.05) is 5.75 Å². The third-order valence-electron chi connectivity index (χ3n) is 2.90. The van der Waals surface area contributed by atoms with Gasteiger partial charge < -0.3 is 0 Å². The second-order valence-electron chi connectivity index (χ2n) is 4.62. The van der Waals surface area contributed by atoms with Crippen molar-refractivity contribution in [3.8, 4) is 0 Å². The molecule has 0 fully saturated rings. The van der Waals surface area contributed by atoms with Crippen LogP contribution in [-0.4, -0.2) is 29.1 Å². The number of hydrogen-bond acceptors (Lipinski definition) is 3. The van der Waals surface area contributed by atoms with Crippen LogP contribution in [0.15, 0.2) is 68.7 Å². The van der Waals surface area contributed by atoms with Crippen molar-refractivity contribution in [2.45, 2.75) is 18.7 Å². The standard InChI is InChI=1S/C17H18O2S2Se/c1-3-20-13-17(22-16-7-5-4-6-8-16)21(18,19)15-11-9-14(2)10-12-15/h4-13H,3H2,1-2H3/b17-13-. The molecular weight excluding hydrogens is 379 g/mol. The molecule has 0 aliphatic rings. The van der Waals surface area contributed by atoms with Gasteiger partial charge in [-0.25, -0.2) is 0 Å². The zero-order valence-electron chi connectivity index (χ0n) is 12.5. The number of benzene rings is 2. The molecule has 0 radical (unpaired) electrons. The van der Waals surface area contributed by atoms with Gasteiger partial charge in [-0.1, -0.05) is 0 Å². The molecule has 22 heavy (non-hydrogen) atoms. The predicted molar refractivity (Wildman–Crippen MR) is 96.4 cm³/mol. The van der Waals surface area contributed by atoms with E-state index in [0.717, 1.165) is 15.8 Å². The summed E-state index contributed by atoms with van der Waals surface area (Å²) < 4.78 is 27.4. The molecule has 0 bridgehead atoms. The van der Waals surface area contributed by atoms with Crippen LogP contribution in [0.1, 0.15) is 12.5 Å². The monoisotopic (exact) mass is 398 g/mol. The van der Waals surface area contributed by atoms with Gasteiger partial charge in [-0.3, -0.25) is 0 Å². The molecule has 0 saturated carbocycles. The molecule has 2 aromatic carbocycles. The van der Waals surface area contributed by atoms with Gasteiger partial charge in [0.15, 0.2) is 0 Å². The molecule has 0 amide bonds. The van der Waals surface area contributed by atoms with Crippen molar-refractivity contribution < 1.29 is 8.42 Å². The second kappa shape index (κ2) is 8.02. The van der Waals surface area contributed by atoms with Crippen LogP contribution in [0.25, 0.3) is 0 Å². The third kappa shape index (κ3) is 4.50. The van der Waals surface area contributed by atoms with Crippen LogP contribution in [0.3, 0.4) is 0 Å². The van der Waals surface area contributed by atoms with E-state index in [2.05, 4.69) is 0 Å². The second-order valence-corrected chi connectivity index (χ2v) is 10.6. The maximum absolute atomic E-state index is 12.9. The number of aryl methyl sites for hydroxylation is 1. The Bertz CT molecular complexity index is 736. The first-order valence-corrected chi connectivity index (χ1v) is 11.1. The average molecular weight is 397 g/mol. The molecule has 2 aromatic rings. The van der Waals surface area contributed by atoms with Crippen molar-refractivity contribution >= 4 is 41.0 Å². The summed E-state index contributed by atoms with van der Waals surface area (Å²) in [5.41, 5.74) is 1.06. The fourth-order valence-electron chi connectivity index (χ4n) is 1.73. The van der Waals surface area contributed by atoms with Gasteiger partial charge in [0.2, 0.25) is 0 Å². The predicted octanol–water partition coefficient (Wildman–Crippen LogP) is 3.35. The molecule has 0 atom stereocenters. The Labute approximate surface area is 143 Å². The van der Waals surface area contributed by atoms with Gasteiger partial charge in [-0.15, -0.1) is 0 Å². The summed E-state index contributed by atoms with van der Waals surface area (Å²) in [6.07, 6.45) is 0. The molecule has 0 N–H and O–H groups in total. The SMILES string of the molecule is CCS/C=C(\[Se]c1ccccc1)S(=O)(=O)c1ccc(C)cc1. The number of hydrogen-bond donors (Lipinski definition) is 0. The average Bonchev–Trinajstić information content (AvgIpc) is 2.52. The molecule has 0 aliphatic heterocycles. The molecular formula is C17H18O2S2Se. The maximum atomic E-state index is 12.9. The van der Waals surface area contributed by atoms with E-state index < -0.39 is 9.84 Å². The normalized spacial score (nSPS) is 12.4.